The predicted octanol–water partition coefficient (Wildman–Crippen LogP) is 12.2. The molecule has 2 heteroatoms. The molecule has 0 radical (unpaired) electrons. The van der Waals surface area contributed by atoms with Crippen LogP contribution in [0.15, 0.2) is 91.0 Å². The fourth-order valence-electron chi connectivity index (χ4n) is 4.64. The third kappa shape index (κ3) is 13.8. The smallest absolute Gasteiger partial charge is 0.122 e. The maximum Gasteiger partial charge on any atom is 0.122 e. The SMILES string of the molecule is CC(C)c1ccc(N(C)C)cc1.COc1cc(C)ccc1C(C)C.Cc1ccc(C(C)C)cc1.Cc1ccccc1C(C)C. The van der Waals surface area contributed by atoms with E-state index in [4.69, 9.17) is 4.74 Å². The van der Waals surface area contributed by atoms with Gasteiger partial charge < -0.3 is 9.64 Å². The second kappa shape index (κ2) is 19.7. The molecule has 0 N–H and O–H groups in total. The van der Waals surface area contributed by atoms with Crippen molar-refractivity contribution in [1.82, 2.24) is 0 Å². The maximum absolute atomic E-state index is 5.29. The van der Waals surface area contributed by atoms with Crippen molar-refractivity contribution in [2.24, 2.45) is 0 Å². The Bertz CT molecular complexity index is 1300. The van der Waals surface area contributed by atoms with Gasteiger partial charge >= 0.3 is 0 Å². The number of hydrogen-bond donors (Lipinski definition) is 0. The highest BCUT2D eigenvalue weighted by Crippen LogP contribution is 2.26. The Kier molecular flexibility index (Phi) is 17.2. The lowest BCUT2D eigenvalue weighted by Crippen LogP contribution is -2.08. The molecule has 4 aromatic carbocycles. The highest BCUT2D eigenvalue weighted by atomic mass is 16.5. The zero-order valence-electron chi connectivity index (χ0n) is 30.3. The van der Waals surface area contributed by atoms with Gasteiger partial charge in [-0.1, -0.05) is 134 Å². The Balaban J connectivity index is 0.000000294. The van der Waals surface area contributed by atoms with Gasteiger partial charge in [0.2, 0.25) is 0 Å². The molecular formula is C42H61NO. The minimum absolute atomic E-state index is 0.528. The number of benzene rings is 4. The Morgan fingerprint density at radius 1 is 0.500 bits per heavy atom. The van der Waals surface area contributed by atoms with Gasteiger partial charge in [-0.15, -0.1) is 0 Å². The largest absolute Gasteiger partial charge is 0.496 e. The van der Waals surface area contributed by atoms with E-state index in [9.17, 15) is 0 Å². The molecule has 0 saturated carbocycles. The van der Waals surface area contributed by atoms with Crippen molar-refractivity contribution in [2.75, 3.05) is 26.1 Å². The van der Waals surface area contributed by atoms with Crippen LogP contribution in [0.4, 0.5) is 5.69 Å². The lowest BCUT2D eigenvalue weighted by Gasteiger charge is -2.13. The van der Waals surface area contributed by atoms with Crippen LogP contribution in [0.1, 0.15) is 118 Å². The van der Waals surface area contributed by atoms with Crippen LogP contribution in [-0.2, 0) is 0 Å². The van der Waals surface area contributed by atoms with Crippen molar-refractivity contribution >= 4 is 5.69 Å². The monoisotopic (exact) mass is 595 g/mol. The van der Waals surface area contributed by atoms with Crippen molar-refractivity contribution in [3.8, 4) is 5.75 Å². The summed E-state index contributed by atoms with van der Waals surface area (Å²) in [5.41, 5.74) is 10.8. The molecule has 0 saturated heterocycles. The fourth-order valence-corrected chi connectivity index (χ4v) is 4.64. The molecule has 240 valence electrons. The molecule has 0 aliphatic carbocycles. The van der Waals surface area contributed by atoms with E-state index in [1.165, 1.54) is 44.6 Å². The second-order valence-electron chi connectivity index (χ2n) is 13.1. The van der Waals surface area contributed by atoms with E-state index in [1.54, 1.807) is 7.11 Å². The van der Waals surface area contributed by atoms with E-state index in [2.05, 4.69) is 186 Å². The summed E-state index contributed by atoms with van der Waals surface area (Å²) < 4.78 is 5.29. The molecule has 0 amide bonds. The first-order chi connectivity index (χ1) is 20.7. The van der Waals surface area contributed by atoms with Crippen LogP contribution in [0, 0.1) is 20.8 Å². The van der Waals surface area contributed by atoms with Crippen LogP contribution in [0.3, 0.4) is 0 Å². The molecule has 0 aromatic heterocycles. The number of rotatable bonds is 6. The van der Waals surface area contributed by atoms with E-state index < -0.39 is 0 Å². The summed E-state index contributed by atoms with van der Waals surface area (Å²) in [7, 11) is 5.84. The number of ether oxygens (including phenoxy) is 1. The van der Waals surface area contributed by atoms with E-state index >= 15 is 0 Å². The predicted molar refractivity (Wildman–Crippen MR) is 197 cm³/mol. The highest BCUT2D eigenvalue weighted by Gasteiger charge is 2.06. The summed E-state index contributed by atoms with van der Waals surface area (Å²) in [6.45, 7) is 24.0. The molecule has 0 aliphatic rings. The van der Waals surface area contributed by atoms with Gasteiger partial charge in [-0.05, 0) is 96.0 Å². The van der Waals surface area contributed by atoms with Crippen molar-refractivity contribution in [1.29, 1.82) is 0 Å². The number of anilines is 1. The number of aryl methyl sites for hydroxylation is 3. The molecule has 0 bridgehead atoms. The van der Waals surface area contributed by atoms with Gasteiger partial charge in [-0.25, -0.2) is 0 Å². The summed E-state index contributed by atoms with van der Waals surface area (Å²) in [6.07, 6.45) is 0. The summed E-state index contributed by atoms with van der Waals surface area (Å²) >= 11 is 0. The normalized spacial score (nSPS) is 10.4. The molecule has 0 fully saturated rings. The van der Waals surface area contributed by atoms with Gasteiger partial charge in [-0.3, -0.25) is 0 Å². The molecule has 0 aliphatic heterocycles. The Labute approximate surface area is 271 Å². The van der Waals surface area contributed by atoms with Crippen LogP contribution in [0.2, 0.25) is 0 Å². The minimum atomic E-state index is 0.528. The lowest BCUT2D eigenvalue weighted by atomic mass is 9.99. The molecule has 0 unspecified atom stereocenters. The second-order valence-corrected chi connectivity index (χ2v) is 13.1. The zero-order chi connectivity index (χ0) is 33.4. The molecule has 0 heterocycles. The van der Waals surface area contributed by atoms with Crippen LogP contribution in [-0.4, -0.2) is 21.2 Å². The third-order valence-electron chi connectivity index (χ3n) is 7.64. The van der Waals surface area contributed by atoms with Crippen LogP contribution < -0.4 is 9.64 Å². The first-order valence-corrected chi connectivity index (χ1v) is 16.2. The van der Waals surface area contributed by atoms with E-state index in [0.717, 1.165) is 5.75 Å². The van der Waals surface area contributed by atoms with Gasteiger partial charge in [-0.2, -0.15) is 0 Å². The fraction of sp³-hybridized carbons (Fsp3) is 0.429. The van der Waals surface area contributed by atoms with Gasteiger partial charge in [0.15, 0.2) is 0 Å². The van der Waals surface area contributed by atoms with E-state index in [1.807, 2.05) is 0 Å². The first-order valence-electron chi connectivity index (χ1n) is 16.2. The summed E-state index contributed by atoms with van der Waals surface area (Å²) in [6, 6.07) is 32.3. The topological polar surface area (TPSA) is 12.5 Å². The highest BCUT2D eigenvalue weighted by molar-refractivity contribution is 5.46. The summed E-state index contributed by atoms with van der Waals surface area (Å²) in [5, 5.41) is 0. The van der Waals surface area contributed by atoms with Crippen molar-refractivity contribution < 1.29 is 4.74 Å². The number of hydrogen-bond acceptors (Lipinski definition) is 2. The number of nitrogens with zero attached hydrogens (tertiary/aromatic N) is 1. The first kappa shape index (κ1) is 38.5. The van der Waals surface area contributed by atoms with E-state index in [-0.39, 0.29) is 0 Å². The van der Waals surface area contributed by atoms with Crippen molar-refractivity contribution in [3.05, 3.63) is 130 Å². The molecular weight excluding hydrogens is 534 g/mol. The molecule has 4 rings (SSSR count). The molecule has 2 nitrogen and oxygen atoms in total. The Morgan fingerprint density at radius 3 is 1.34 bits per heavy atom. The zero-order valence-corrected chi connectivity index (χ0v) is 30.3. The standard InChI is InChI=1S/C11H17N.C11H16O.2C10H14/c1-9(2)10-5-7-11(8-6-10)12(3)4;1-8(2)10-6-5-9(3)7-11(10)12-4;1-8(2)10-6-4-9(3)5-7-10;1-8(2)10-7-5-4-6-9(10)3/h5-9H,1-4H3;5-8H,1-4H3;2*4-8H,1-3H3. The van der Waals surface area contributed by atoms with Crippen molar-refractivity contribution in [2.45, 2.75) is 99.8 Å². The van der Waals surface area contributed by atoms with E-state index in [0.29, 0.717) is 23.7 Å². The summed E-state index contributed by atoms with van der Waals surface area (Å²) in [4.78, 5) is 2.12. The van der Waals surface area contributed by atoms with Gasteiger partial charge in [0.1, 0.15) is 5.75 Å². The Hall–Kier alpha value is -3.52. The lowest BCUT2D eigenvalue weighted by molar-refractivity contribution is 0.407. The minimum Gasteiger partial charge on any atom is -0.496 e. The third-order valence-corrected chi connectivity index (χ3v) is 7.64. The number of methoxy groups -OCH3 is 1. The molecule has 4 aromatic rings. The average molecular weight is 596 g/mol. The average Bonchev–Trinajstić information content (AvgIpc) is 2.98. The Morgan fingerprint density at radius 2 is 0.955 bits per heavy atom. The van der Waals surface area contributed by atoms with Crippen molar-refractivity contribution in [3.63, 3.8) is 0 Å². The van der Waals surface area contributed by atoms with Gasteiger partial charge in [0, 0.05) is 19.8 Å². The van der Waals surface area contributed by atoms with Crippen LogP contribution in [0.25, 0.3) is 0 Å². The molecule has 0 atom stereocenters. The maximum atomic E-state index is 5.29. The van der Waals surface area contributed by atoms with Crippen LogP contribution >= 0.6 is 0 Å². The van der Waals surface area contributed by atoms with Gasteiger partial charge in [0.25, 0.3) is 0 Å². The molecule has 44 heavy (non-hydrogen) atoms. The van der Waals surface area contributed by atoms with Crippen LogP contribution in [0.5, 0.6) is 5.75 Å². The summed E-state index contributed by atoms with van der Waals surface area (Å²) in [5.74, 6) is 3.47. The van der Waals surface area contributed by atoms with Gasteiger partial charge in [0.05, 0.1) is 7.11 Å². The quantitative estimate of drug-likeness (QED) is 0.220. The molecule has 0 spiro atoms.